The van der Waals surface area contributed by atoms with Crippen molar-refractivity contribution in [1.82, 2.24) is 10.3 Å². The largest absolute Gasteiger partial charge is 0.324 e. The molecule has 0 spiro atoms. The second-order valence-corrected chi connectivity index (χ2v) is 4.62. The number of hydrogen-bond donors (Lipinski definition) is 2. The van der Waals surface area contributed by atoms with Gasteiger partial charge in [0.25, 0.3) is 0 Å². The molecular formula is C14H16ClN3O. The Kier molecular flexibility index (Phi) is 4.71. The first kappa shape index (κ1) is 13.8. The minimum absolute atomic E-state index is 0.0461. The molecule has 1 aromatic heterocycles. The second kappa shape index (κ2) is 6.50. The van der Waals surface area contributed by atoms with Crippen LogP contribution in [0.5, 0.6) is 0 Å². The summed E-state index contributed by atoms with van der Waals surface area (Å²) in [6.45, 7) is 3.52. The molecule has 0 unspecified atom stereocenters. The Labute approximate surface area is 117 Å². The number of benzene rings is 1. The number of halogens is 1. The fraction of sp³-hybridized carbons (Fsp3) is 0.286. The van der Waals surface area contributed by atoms with Crippen LogP contribution < -0.4 is 10.6 Å². The van der Waals surface area contributed by atoms with Crippen LogP contribution in [0.15, 0.2) is 30.5 Å². The highest BCUT2D eigenvalue weighted by Crippen LogP contribution is 2.26. The third kappa shape index (κ3) is 3.66. The Morgan fingerprint density at radius 3 is 3.05 bits per heavy atom. The first-order chi connectivity index (χ1) is 9.20. The molecule has 2 N–H and O–H groups in total. The van der Waals surface area contributed by atoms with E-state index in [9.17, 15) is 4.79 Å². The van der Waals surface area contributed by atoms with Gasteiger partial charge in [-0.05, 0) is 24.7 Å². The van der Waals surface area contributed by atoms with Crippen molar-refractivity contribution in [1.29, 1.82) is 0 Å². The quantitative estimate of drug-likeness (QED) is 0.827. The van der Waals surface area contributed by atoms with Crippen molar-refractivity contribution < 1.29 is 4.79 Å². The molecule has 100 valence electrons. The summed E-state index contributed by atoms with van der Waals surface area (Å²) < 4.78 is 0. The minimum atomic E-state index is -0.0461. The third-order valence-electron chi connectivity index (χ3n) is 2.72. The number of pyridine rings is 1. The highest BCUT2D eigenvalue weighted by Gasteiger charge is 2.08. The highest BCUT2D eigenvalue weighted by atomic mass is 35.5. The highest BCUT2D eigenvalue weighted by molar-refractivity contribution is 6.32. The third-order valence-corrected chi connectivity index (χ3v) is 2.94. The molecule has 0 aliphatic heterocycles. The maximum absolute atomic E-state index is 11.8. The van der Waals surface area contributed by atoms with Gasteiger partial charge >= 0.3 is 0 Å². The monoisotopic (exact) mass is 277 g/mol. The number of aromatic nitrogens is 1. The van der Waals surface area contributed by atoms with E-state index in [0.29, 0.717) is 23.7 Å². The van der Waals surface area contributed by atoms with Crippen LogP contribution in [-0.2, 0) is 4.79 Å². The molecule has 1 aromatic carbocycles. The van der Waals surface area contributed by atoms with E-state index in [4.69, 9.17) is 11.6 Å². The van der Waals surface area contributed by atoms with Gasteiger partial charge in [0, 0.05) is 29.6 Å². The summed E-state index contributed by atoms with van der Waals surface area (Å²) in [6, 6.07) is 7.32. The number of nitrogens with zero attached hydrogens (tertiary/aromatic N) is 1. The van der Waals surface area contributed by atoms with Crippen LogP contribution in [0, 0.1) is 0 Å². The molecule has 1 amide bonds. The average Bonchev–Trinajstić information content (AvgIpc) is 2.39. The number of amides is 1. The van der Waals surface area contributed by atoms with E-state index in [0.717, 1.165) is 17.4 Å². The van der Waals surface area contributed by atoms with E-state index in [1.54, 1.807) is 12.3 Å². The minimum Gasteiger partial charge on any atom is -0.324 e. The van der Waals surface area contributed by atoms with Gasteiger partial charge in [-0.3, -0.25) is 9.78 Å². The van der Waals surface area contributed by atoms with Crippen LogP contribution >= 0.6 is 11.6 Å². The molecule has 5 heteroatoms. The second-order valence-electron chi connectivity index (χ2n) is 4.18. The first-order valence-corrected chi connectivity index (χ1v) is 6.63. The summed E-state index contributed by atoms with van der Waals surface area (Å²) in [6.07, 6.45) is 2.12. The molecule has 1 heterocycles. The molecule has 0 bridgehead atoms. The van der Waals surface area contributed by atoms with E-state index in [1.807, 2.05) is 25.1 Å². The lowest BCUT2D eigenvalue weighted by Gasteiger charge is -2.09. The summed E-state index contributed by atoms with van der Waals surface area (Å²) in [5, 5.41) is 7.47. The lowest BCUT2D eigenvalue weighted by atomic mass is 10.2. The summed E-state index contributed by atoms with van der Waals surface area (Å²) in [7, 11) is 0. The van der Waals surface area contributed by atoms with Crippen LogP contribution in [0.3, 0.4) is 0 Å². The Bertz CT molecular complexity index is 586. The molecular weight excluding hydrogens is 262 g/mol. The van der Waals surface area contributed by atoms with Crippen LogP contribution in [0.2, 0.25) is 5.02 Å². The van der Waals surface area contributed by atoms with Gasteiger partial charge in [-0.1, -0.05) is 24.6 Å². The molecule has 4 nitrogen and oxygen atoms in total. The average molecular weight is 278 g/mol. The molecule has 2 rings (SSSR count). The number of rotatable bonds is 5. The standard InChI is InChI=1S/C14H16ClN3O/c1-2-16-7-5-13(19)18-12-9-11(15)8-10-4-3-6-17-14(10)12/h3-4,6,8-9,16H,2,5,7H2,1H3,(H,18,19). The van der Waals surface area contributed by atoms with Gasteiger partial charge in [-0.25, -0.2) is 0 Å². The van der Waals surface area contributed by atoms with Gasteiger partial charge in [-0.2, -0.15) is 0 Å². The Balaban J connectivity index is 2.18. The fourth-order valence-electron chi connectivity index (χ4n) is 1.84. The lowest BCUT2D eigenvalue weighted by molar-refractivity contribution is -0.116. The number of anilines is 1. The summed E-state index contributed by atoms with van der Waals surface area (Å²) >= 11 is 6.04. The van der Waals surface area contributed by atoms with E-state index in [-0.39, 0.29) is 5.91 Å². The normalized spacial score (nSPS) is 10.6. The van der Waals surface area contributed by atoms with Crippen LogP contribution in [0.1, 0.15) is 13.3 Å². The first-order valence-electron chi connectivity index (χ1n) is 6.25. The Morgan fingerprint density at radius 1 is 1.42 bits per heavy atom. The molecule has 2 aromatic rings. The van der Waals surface area contributed by atoms with E-state index >= 15 is 0 Å². The summed E-state index contributed by atoms with van der Waals surface area (Å²) in [5.74, 6) is -0.0461. The van der Waals surface area contributed by atoms with Crippen LogP contribution in [0.4, 0.5) is 5.69 Å². The Morgan fingerprint density at radius 2 is 2.26 bits per heavy atom. The topological polar surface area (TPSA) is 54.0 Å². The van der Waals surface area contributed by atoms with Crippen molar-refractivity contribution in [2.75, 3.05) is 18.4 Å². The molecule has 0 radical (unpaired) electrons. The van der Waals surface area contributed by atoms with E-state index in [1.165, 1.54) is 0 Å². The van der Waals surface area contributed by atoms with Gasteiger partial charge in [0.15, 0.2) is 0 Å². The molecule has 0 aliphatic carbocycles. The van der Waals surface area contributed by atoms with Crippen LogP contribution in [-0.4, -0.2) is 24.0 Å². The van der Waals surface area contributed by atoms with Crippen LogP contribution in [0.25, 0.3) is 10.9 Å². The number of hydrogen-bond acceptors (Lipinski definition) is 3. The SMILES string of the molecule is CCNCCC(=O)Nc1cc(Cl)cc2cccnc12. The van der Waals surface area contributed by atoms with Crippen molar-refractivity contribution in [2.45, 2.75) is 13.3 Å². The van der Waals surface area contributed by atoms with Crippen molar-refractivity contribution in [2.24, 2.45) is 0 Å². The summed E-state index contributed by atoms with van der Waals surface area (Å²) in [5.41, 5.74) is 1.41. The van der Waals surface area contributed by atoms with Crippen molar-refractivity contribution in [3.63, 3.8) is 0 Å². The van der Waals surface area contributed by atoms with Crippen molar-refractivity contribution in [3.8, 4) is 0 Å². The molecule has 0 saturated carbocycles. The van der Waals surface area contributed by atoms with Crippen molar-refractivity contribution in [3.05, 3.63) is 35.5 Å². The zero-order chi connectivity index (χ0) is 13.7. The maximum Gasteiger partial charge on any atom is 0.225 e. The van der Waals surface area contributed by atoms with Gasteiger partial charge in [0.1, 0.15) is 0 Å². The molecule has 0 aliphatic rings. The number of carbonyl (C=O) groups excluding carboxylic acids is 1. The fourth-order valence-corrected chi connectivity index (χ4v) is 2.07. The predicted octanol–water partition coefficient (Wildman–Crippen LogP) is 2.83. The van der Waals surface area contributed by atoms with E-state index in [2.05, 4.69) is 15.6 Å². The van der Waals surface area contributed by atoms with Gasteiger partial charge in [0.2, 0.25) is 5.91 Å². The lowest BCUT2D eigenvalue weighted by Crippen LogP contribution is -2.21. The number of nitrogens with one attached hydrogen (secondary N) is 2. The zero-order valence-corrected chi connectivity index (χ0v) is 11.5. The molecule has 0 saturated heterocycles. The summed E-state index contributed by atoms with van der Waals surface area (Å²) in [4.78, 5) is 16.1. The number of fused-ring (bicyclic) bond motifs is 1. The molecule has 19 heavy (non-hydrogen) atoms. The molecule has 0 fully saturated rings. The van der Waals surface area contributed by atoms with Crippen molar-refractivity contribution >= 4 is 34.1 Å². The zero-order valence-electron chi connectivity index (χ0n) is 10.7. The van der Waals surface area contributed by atoms with E-state index < -0.39 is 0 Å². The predicted molar refractivity (Wildman–Crippen MR) is 78.5 cm³/mol. The maximum atomic E-state index is 11.8. The smallest absolute Gasteiger partial charge is 0.225 e. The molecule has 0 atom stereocenters. The van der Waals surface area contributed by atoms with Gasteiger partial charge in [-0.15, -0.1) is 0 Å². The van der Waals surface area contributed by atoms with Gasteiger partial charge in [0.05, 0.1) is 11.2 Å². The Hall–Kier alpha value is -1.65. The van der Waals surface area contributed by atoms with Gasteiger partial charge < -0.3 is 10.6 Å². The number of carbonyl (C=O) groups is 1.